The van der Waals surface area contributed by atoms with E-state index < -0.39 is 22.4 Å². The number of carboxylic acids is 1. The summed E-state index contributed by atoms with van der Waals surface area (Å²) in [6.45, 7) is 0. The third-order valence-corrected chi connectivity index (χ3v) is 2.90. The van der Waals surface area contributed by atoms with E-state index in [1.165, 1.54) is 24.3 Å². The molecule has 7 heteroatoms. The van der Waals surface area contributed by atoms with Gasteiger partial charge in [0.25, 0.3) is 5.69 Å². The highest BCUT2D eigenvalue weighted by Gasteiger charge is 2.20. The summed E-state index contributed by atoms with van der Waals surface area (Å²) < 4.78 is 13.8. The van der Waals surface area contributed by atoms with Crippen LogP contribution in [0, 0.1) is 15.9 Å². The number of carboxylic acid groups (broad SMARTS) is 1. The van der Waals surface area contributed by atoms with Gasteiger partial charge in [0.2, 0.25) is 0 Å². The van der Waals surface area contributed by atoms with Crippen LogP contribution in [0.4, 0.5) is 10.1 Å². The van der Waals surface area contributed by atoms with Crippen LogP contribution >= 0.6 is 11.6 Å². The lowest BCUT2D eigenvalue weighted by atomic mass is 10.0. The number of hydrogen-bond donors (Lipinski definition) is 1. The van der Waals surface area contributed by atoms with Crippen LogP contribution in [0.2, 0.25) is 5.02 Å². The Balaban J connectivity index is 2.67. The SMILES string of the molecule is O=C(O)c1ccc(-c2ccc(Cl)cc2F)c([N+](=O)[O-])c1. The quantitative estimate of drug-likeness (QED) is 0.690. The summed E-state index contributed by atoms with van der Waals surface area (Å²) >= 11 is 5.62. The van der Waals surface area contributed by atoms with Gasteiger partial charge in [0.1, 0.15) is 5.82 Å². The molecule has 0 spiro atoms. The van der Waals surface area contributed by atoms with Crippen LogP contribution in [0.1, 0.15) is 10.4 Å². The average Bonchev–Trinajstić information content (AvgIpc) is 2.38. The maximum atomic E-state index is 13.8. The highest BCUT2D eigenvalue weighted by molar-refractivity contribution is 6.30. The van der Waals surface area contributed by atoms with E-state index in [-0.39, 0.29) is 21.7 Å². The molecule has 2 aromatic carbocycles. The monoisotopic (exact) mass is 295 g/mol. The molecule has 0 unspecified atom stereocenters. The average molecular weight is 296 g/mol. The molecule has 0 heterocycles. The number of rotatable bonds is 3. The molecule has 1 N–H and O–H groups in total. The van der Waals surface area contributed by atoms with Gasteiger partial charge < -0.3 is 5.11 Å². The molecule has 0 saturated carbocycles. The van der Waals surface area contributed by atoms with E-state index in [0.717, 1.165) is 12.1 Å². The minimum atomic E-state index is -1.30. The zero-order chi connectivity index (χ0) is 14.9. The Bertz CT molecular complexity index is 718. The lowest BCUT2D eigenvalue weighted by Crippen LogP contribution is -2.00. The second kappa shape index (κ2) is 5.26. The number of nitro benzene ring substituents is 1. The first-order valence-electron chi connectivity index (χ1n) is 5.37. The largest absolute Gasteiger partial charge is 0.478 e. The van der Waals surface area contributed by atoms with Gasteiger partial charge >= 0.3 is 5.97 Å². The maximum Gasteiger partial charge on any atom is 0.335 e. The molecule has 0 atom stereocenters. The first-order valence-corrected chi connectivity index (χ1v) is 5.75. The Morgan fingerprint density at radius 3 is 2.40 bits per heavy atom. The molecule has 2 rings (SSSR count). The van der Waals surface area contributed by atoms with Crippen molar-refractivity contribution < 1.29 is 19.2 Å². The zero-order valence-electron chi connectivity index (χ0n) is 9.84. The van der Waals surface area contributed by atoms with Crippen LogP contribution in [0.5, 0.6) is 0 Å². The smallest absolute Gasteiger partial charge is 0.335 e. The van der Waals surface area contributed by atoms with E-state index in [9.17, 15) is 19.3 Å². The van der Waals surface area contributed by atoms with E-state index in [1.54, 1.807) is 0 Å². The van der Waals surface area contributed by atoms with Crippen LogP contribution in [0.3, 0.4) is 0 Å². The third kappa shape index (κ3) is 2.60. The van der Waals surface area contributed by atoms with Crippen LogP contribution in [0.25, 0.3) is 11.1 Å². The minimum absolute atomic E-state index is 0.00540. The summed E-state index contributed by atoms with van der Waals surface area (Å²) in [6.07, 6.45) is 0. The number of aromatic carboxylic acids is 1. The Morgan fingerprint density at radius 2 is 1.85 bits per heavy atom. The fraction of sp³-hybridized carbons (Fsp3) is 0. The molecule has 0 bridgehead atoms. The summed E-state index contributed by atoms with van der Waals surface area (Å²) in [4.78, 5) is 21.1. The number of nitro groups is 1. The van der Waals surface area contributed by atoms with Crippen molar-refractivity contribution in [1.82, 2.24) is 0 Å². The molecule has 0 aromatic heterocycles. The van der Waals surface area contributed by atoms with E-state index in [1.807, 2.05) is 0 Å². The highest BCUT2D eigenvalue weighted by Crippen LogP contribution is 2.33. The molecule has 2 aromatic rings. The predicted molar refractivity (Wildman–Crippen MR) is 70.5 cm³/mol. The van der Waals surface area contributed by atoms with E-state index in [2.05, 4.69) is 0 Å². The van der Waals surface area contributed by atoms with Crippen molar-refractivity contribution >= 4 is 23.3 Å². The molecule has 0 amide bonds. The molecule has 102 valence electrons. The molecule has 0 fully saturated rings. The number of nitrogens with zero attached hydrogens (tertiary/aromatic N) is 1. The maximum absolute atomic E-state index is 13.8. The van der Waals surface area contributed by atoms with Crippen molar-refractivity contribution in [2.75, 3.05) is 0 Å². The molecular weight excluding hydrogens is 289 g/mol. The summed E-state index contributed by atoms with van der Waals surface area (Å²) in [5, 5.41) is 20.0. The highest BCUT2D eigenvalue weighted by atomic mass is 35.5. The standard InChI is InChI=1S/C13H7ClFNO4/c14-8-2-4-9(11(15)6-8)10-3-1-7(13(17)18)5-12(10)16(19)20/h1-6H,(H,17,18). The Labute approximate surface area is 117 Å². The molecule has 20 heavy (non-hydrogen) atoms. The Hall–Kier alpha value is -2.47. The number of halogens is 2. The lowest BCUT2D eigenvalue weighted by Gasteiger charge is -2.06. The second-order valence-corrected chi connectivity index (χ2v) is 4.35. The Kier molecular flexibility index (Phi) is 3.67. The lowest BCUT2D eigenvalue weighted by molar-refractivity contribution is -0.384. The minimum Gasteiger partial charge on any atom is -0.478 e. The molecule has 0 radical (unpaired) electrons. The molecule has 5 nitrogen and oxygen atoms in total. The van der Waals surface area contributed by atoms with Crippen LogP contribution in [-0.4, -0.2) is 16.0 Å². The zero-order valence-corrected chi connectivity index (χ0v) is 10.6. The van der Waals surface area contributed by atoms with Crippen LogP contribution in [0.15, 0.2) is 36.4 Å². The molecule has 0 saturated heterocycles. The fourth-order valence-electron chi connectivity index (χ4n) is 1.75. The second-order valence-electron chi connectivity index (χ2n) is 3.92. The van der Waals surface area contributed by atoms with E-state index >= 15 is 0 Å². The van der Waals surface area contributed by atoms with Gasteiger partial charge in [-0.3, -0.25) is 10.1 Å². The summed E-state index contributed by atoms with van der Waals surface area (Å²) in [7, 11) is 0. The van der Waals surface area contributed by atoms with Gasteiger partial charge in [-0.05, 0) is 30.3 Å². The van der Waals surface area contributed by atoms with Crippen molar-refractivity contribution in [1.29, 1.82) is 0 Å². The van der Waals surface area contributed by atoms with Gasteiger partial charge in [-0.25, -0.2) is 9.18 Å². The molecular formula is C13H7ClFNO4. The van der Waals surface area contributed by atoms with Gasteiger partial charge in [-0.1, -0.05) is 11.6 Å². The topological polar surface area (TPSA) is 80.4 Å². The van der Waals surface area contributed by atoms with Crippen molar-refractivity contribution in [2.24, 2.45) is 0 Å². The number of hydrogen-bond acceptors (Lipinski definition) is 3. The summed E-state index contributed by atoms with van der Waals surface area (Å²) in [5.41, 5.74) is -0.742. The van der Waals surface area contributed by atoms with Crippen LogP contribution < -0.4 is 0 Å². The van der Waals surface area contributed by atoms with Crippen molar-refractivity contribution in [3.63, 3.8) is 0 Å². The van der Waals surface area contributed by atoms with Gasteiger partial charge in [0.15, 0.2) is 0 Å². The van der Waals surface area contributed by atoms with Gasteiger partial charge in [0, 0.05) is 16.7 Å². The van der Waals surface area contributed by atoms with Gasteiger partial charge in [0.05, 0.1) is 16.1 Å². The van der Waals surface area contributed by atoms with Crippen molar-refractivity contribution in [3.8, 4) is 11.1 Å². The summed E-state index contributed by atoms with van der Waals surface area (Å²) in [5.74, 6) is -2.01. The summed E-state index contributed by atoms with van der Waals surface area (Å²) in [6, 6.07) is 7.01. The third-order valence-electron chi connectivity index (χ3n) is 2.66. The molecule has 0 aliphatic rings. The van der Waals surface area contributed by atoms with Crippen molar-refractivity contribution in [2.45, 2.75) is 0 Å². The first kappa shape index (κ1) is 14.0. The molecule has 0 aliphatic carbocycles. The predicted octanol–water partition coefficient (Wildman–Crippen LogP) is 3.75. The van der Waals surface area contributed by atoms with Gasteiger partial charge in [-0.2, -0.15) is 0 Å². The Morgan fingerprint density at radius 1 is 1.20 bits per heavy atom. The van der Waals surface area contributed by atoms with E-state index in [0.29, 0.717) is 0 Å². The number of benzene rings is 2. The van der Waals surface area contributed by atoms with E-state index in [4.69, 9.17) is 16.7 Å². The number of carbonyl (C=O) groups is 1. The fourth-order valence-corrected chi connectivity index (χ4v) is 1.91. The van der Waals surface area contributed by atoms with Crippen molar-refractivity contribution in [3.05, 3.63) is 62.9 Å². The van der Waals surface area contributed by atoms with Gasteiger partial charge in [-0.15, -0.1) is 0 Å². The first-order chi connectivity index (χ1) is 9.40. The normalized spacial score (nSPS) is 10.3. The van der Waals surface area contributed by atoms with Crippen LogP contribution in [-0.2, 0) is 0 Å². The molecule has 0 aliphatic heterocycles.